The maximum absolute atomic E-state index is 12.0. The highest BCUT2D eigenvalue weighted by molar-refractivity contribution is 6.32. The summed E-state index contributed by atoms with van der Waals surface area (Å²) in [4.78, 5) is 15.9. The highest BCUT2D eigenvalue weighted by Crippen LogP contribution is 2.17. The number of amides is 1. The molecular weight excluding hydrogens is 240 g/mol. The fraction of sp³-hybridized carbons (Fsp3) is 0.500. The van der Waals surface area contributed by atoms with E-state index >= 15 is 0 Å². The van der Waals surface area contributed by atoms with E-state index in [-0.39, 0.29) is 17.7 Å². The third kappa shape index (κ3) is 3.68. The summed E-state index contributed by atoms with van der Waals surface area (Å²) in [5.74, 6) is -0.263. The van der Waals surface area contributed by atoms with Crippen molar-refractivity contribution in [2.45, 2.75) is 32.2 Å². The lowest BCUT2D eigenvalue weighted by molar-refractivity contribution is 0.0886. The predicted molar refractivity (Wildman–Crippen MR) is 67.1 cm³/mol. The van der Waals surface area contributed by atoms with Crippen molar-refractivity contribution in [3.63, 3.8) is 0 Å². The SMILES string of the molecule is CCC(C)(CCO)NC(=O)c1cccnc1Cl. The Morgan fingerprint density at radius 2 is 2.35 bits per heavy atom. The minimum atomic E-state index is -0.426. The maximum atomic E-state index is 12.0. The molecule has 0 aliphatic rings. The molecular formula is C12H17ClN2O2. The Labute approximate surface area is 106 Å². The molecule has 2 N–H and O–H groups in total. The van der Waals surface area contributed by atoms with Gasteiger partial charge in [0.15, 0.2) is 0 Å². The van der Waals surface area contributed by atoms with Crippen LogP contribution < -0.4 is 5.32 Å². The van der Waals surface area contributed by atoms with Crippen LogP contribution in [0.3, 0.4) is 0 Å². The summed E-state index contributed by atoms with van der Waals surface area (Å²) in [6, 6.07) is 3.29. The number of carbonyl (C=O) groups is 1. The van der Waals surface area contributed by atoms with Crippen LogP contribution in [0.4, 0.5) is 0 Å². The van der Waals surface area contributed by atoms with Crippen molar-refractivity contribution in [1.29, 1.82) is 0 Å². The summed E-state index contributed by atoms with van der Waals surface area (Å²) in [7, 11) is 0. The van der Waals surface area contributed by atoms with Gasteiger partial charge < -0.3 is 10.4 Å². The minimum absolute atomic E-state index is 0.0331. The highest BCUT2D eigenvalue weighted by Gasteiger charge is 2.25. The molecule has 0 bridgehead atoms. The van der Waals surface area contributed by atoms with Gasteiger partial charge in [-0.2, -0.15) is 0 Å². The van der Waals surface area contributed by atoms with E-state index in [0.29, 0.717) is 12.0 Å². The number of carbonyl (C=O) groups excluding carboxylic acids is 1. The number of pyridine rings is 1. The number of aromatic nitrogens is 1. The fourth-order valence-electron chi connectivity index (χ4n) is 1.47. The second-order valence-electron chi connectivity index (χ2n) is 4.18. The van der Waals surface area contributed by atoms with Crippen molar-refractivity contribution < 1.29 is 9.90 Å². The van der Waals surface area contributed by atoms with Crippen molar-refractivity contribution >= 4 is 17.5 Å². The molecule has 94 valence electrons. The van der Waals surface area contributed by atoms with Crippen LogP contribution in [0.5, 0.6) is 0 Å². The van der Waals surface area contributed by atoms with Crippen LogP contribution in [0.25, 0.3) is 0 Å². The van der Waals surface area contributed by atoms with Crippen LogP contribution in [-0.4, -0.2) is 28.1 Å². The monoisotopic (exact) mass is 256 g/mol. The molecule has 17 heavy (non-hydrogen) atoms. The van der Waals surface area contributed by atoms with Gasteiger partial charge in [0.05, 0.1) is 5.56 Å². The smallest absolute Gasteiger partial charge is 0.254 e. The summed E-state index contributed by atoms with van der Waals surface area (Å²) in [6.07, 6.45) is 2.77. The van der Waals surface area contributed by atoms with E-state index in [1.807, 2.05) is 13.8 Å². The van der Waals surface area contributed by atoms with Crippen LogP contribution >= 0.6 is 11.6 Å². The quantitative estimate of drug-likeness (QED) is 0.793. The minimum Gasteiger partial charge on any atom is -0.396 e. The summed E-state index contributed by atoms with van der Waals surface area (Å²) in [6.45, 7) is 3.89. The predicted octanol–water partition coefficient (Wildman–Crippen LogP) is 2.02. The van der Waals surface area contributed by atoms with Gasteiger partial charge in [-0.15, -0.1) is 0 Å². The lowest BCUT2D eigenvalue weighted by Gasteiger charge is -2.29. The Morgan fingerprint density at radius 1 is 1.65 bits per heavy atom. The first-order valence-corrected chi connectivity index (χ1v) is 5.94. The van der Waals surface area contributed by atoms with Gasteiger partial charge in [-0.25, -0.2) is 4.98 Å². The maximum Gasteiger partial charge on any atom is 0.254 e. The van der Waals surface area contributed by atoms with Gasteiger partial charge in [0, 0.05) is 18.3 Å². The average Bonchev–Trinajstić information content (AvgIpc) is 2.29. The molecule has 1 aromatic rings. The molecule has 4 nitrogen and oxygen atoms in total. The number of nitrogens with zero attached hydrogens (tertiary/aromatic N) is 1. The highest BCUT2D eigenvalue weighted by atomic mass is 35.5. The van der Waals surface area contributed by atoms with Crippen molar-refractivity contribution in [2.24, 2.45) is 0 Å². The third-order valence-corrected chi connectivity index (χ3v) is 3.16. The summed E-state index contributed by atoms with van der Waals surface area (Å²) < 4.78 is 0. The Morgan fingerprint density at radius 3 is 2.88 bits per heavy atom. The molecule has 0 saturated heterocycles. The first-order chi connectivity index (χ1) is 8.02. The second kappa shape index (κ2) is 5.98. The normalized spacial score (nSPS) is 14.1. The van der Waals surface area contributed by atoms with Crippen LogP contribution in [0.1, 0.15) is 37.0 Å². The Bertz CT molecular complexity index is 398. The lowest BCUT2D eigenvalue weighted by atomic mass is 9.94. The Hall–Kier alpha value is -1.13. The number of halogens is 1. The third-order valence-electron chi connectivity index (χ3n) is 2.86. The number of hydrogen-bond acceptors (Lipinski definition) is 3. The molecule has 1 aromatic heterocycles. The van der Waals surface area contributed by atoms with Gasteiger partial charge in [0.2, 0.25) is 0 Å². The molecule has 0 aliphatic heterocycles. The van der Waals surface area contributed by atoms with Gasteiger partial charge in [0.25, 0.3) is 5.91 Å². The molecule has 5 heteroatoms. The van der Waals surface area contributed by atoms with Gasteiger partial charge in [-0.05, 0) is 31.9 Å². The van der Waals surface area contributed by atoms with Crippen LogP contribution in [-0.2, 0) is 0 Å². The van der Waals surface area contributed by atoms with Crippen molar-refractivity contribution in [2.75, 3.05) is 6.61 Å². The van der Waals surface area contributed by atoms with Gasteiger partial charge in [0.1, 0.15) is 5.15 Å². The molecule has 1 amide bonds. The molecule has 0 saturated carbocycles. The zero-order valence-corrected chi connectivity index (χ0v) is 10.8. The number of rotatable bonds is 5. The topological polar surface area (TPSA) is 62.2 Å². The van der Waals surface area contributed by atoms with E-state index in [1.165, 1.54) is 6.20 Å². The first kappa shape index (κ1) is 13.9. The summed E-state index contributed by atoms with van der Waals surface area (Å²) in [5, 5.41) is 12.0. The molecule has 1 heterocycles. The number of hydrogen-bond donors (Lipinski definition) is 2. The second-order valence-corrected chi connectivity index (χ2v) is 4.54. The van der Waals surface area contributed by atoms with Crippen LogP contribution in [0.2, 0.25) is 5.15 Å². The van der Waals surface area contributed by atoms with Crippen LogP contribution in [0, 0.1) is 0 Å². The van der Waals surface area contributed by atoms with Crippen molar-refractivity contribution in [3.8, 4) is 0 Å². The van der Waals surface area contributed by atoms with E-state index in [2.05, 4.69) is 10.3 Å². The first-order valence-electron chi connectivity index (χ1n) is 5.56. The van der Waals surface area contributed by atoms with E-state index < -0.39 is 5.54 Å². The zero-order chi connectivity index (χ0) is 12.9. The van der Waals surface area contributed by atoms with Gasteiger partial charge in [-0.3, -0.25) is 4.79 Å². The van der Waals surface area contributed by atoms with Crippen molar-refractivity contribution in [1.82, 2.24) is 10.3 Å². The fourth-order valence-corrected chi connectivity index (χ4v) is 1.68. The molecule has 1 unspecified atom stereocenters. The lowest BCUT2D eigenvalue weighted by Crippen LogP contribution is -2.46. The van der Waals surface area contributed by atoms with E-state index in [4.69, 9.17) is 16.7 Å². The largest absolute Gasteiger partial charge is 0.396 e. The molecule has 0 spiro atoms. The van der Waals surface area contributed by atoms with E-state index in [1.54, 1.807) is 12.1 Å². The number of nitrogens with one attached hydrogen (secondary N) is 1. The van der Waals surface area contributed by atoms with Crippen molar-refractivity contribution in [3.05, 3.63) is 29.0 Å². The molecule has 1 atom stereocenters. The van der Waals surface area contributed by atoms with Gasteiger partial charge in [-0.1, -0.05) is 18.5 Å². The number of aliphatic hydroxyl groups is 1. The summed E-state index contributed by atoms with van der Waals surface area (Å²) >= 11 is 5.85. The molecule has 0 aromatic carbocycles. The average molecular weight is 257 g/mol. The van der Waals surface area contributed by atoms with Gasteiger partial charge >= 0.3 is 0 Å². The molecule has 0 fully saturated rings. The molecule has 1 rings (SSSR count). The van der Waals surface area contributed by atoms with E-state index in [9.17, 15) is 4.79 Å². The zero-order valence-electron chi connectivity index (χ0n) is 10.0. The molecule has 0 radical (unpaired) electrons. The number of aliphatic hydroxyl groups excluding tert-OH is 1. The Balaban J connectivity index is 2.82. The Kier molecular flexibility index (Phi) is 4.90. The summed E-state index contributed by atoms with van der Waals surface area (Å²) in [5.41, 5.74) is -0.0721. The van der Waals surface area contributed by atoms with Crippen LogP contribution in [0.15, 0.2) is 18.3 Å². The molecule has 0 aliphatic carbocycles. The standard InChI is InChI=1S/C12H17ClN2O2/c1-3-12(2,6-8-16)15-11(17)9-5-4-7-14-10(9)13/h4-5,7,16H,3,6,8H2,1-2H3,(H,15,17). The van der Waals surface area contributed by atoms with E-state index in [0.717, 1.165) is 6.42 Å².